The van der Waals surface area contributed by atoms with Crippen molar-refractivity contribution >= 4 is 27.4 Å². The number of nitrogens with zero attached hydrogens (tertiary/aromatic N) is 1. The van der Waals surface area contributed by atoms with Crippen LogP contribution in [0, 0.1) is 0 Å². The van der Waals surface area contributed by atoms with Crippen LogP contribution in [0.5, 0.6) is 0 Å². The number of nitrogens with one attached hydrogen (secondary N) is 2. The molecule has 0 radical (unpaired) electrons. The SMILES string of the molecule is CCc1ccccc1NS(=O)(=O)c1ccc(NC(=O)N2CCCCCC2)cc1. The molecule has 28 heavy (non-hydrogen) atoms. The van der Waals surface area contributed by atoms with Gasteiger partial charge in [0.1, 0.15) is 0 Å². The Hall–Kier alpha value is -2.54. The second kappa shape index (κ2) is 9.10. The quantitative estimate of drug-likeness (QED) is 0.776. The van der Waals surface area contributed by atoms with Gasteiger partial charge in [0.05, 0.1) is 10.6 Å². The number of aryl methyl sites for hydroxylation is 1. The predicted octanol–water partition coefficient (Wildman–Crippen LogP) is 4.46. The highest BCUT2D eigenvalue weighted by molar-refractivity contribution is 7.92. The number of anilines is 2. The van der Waals surface area contributed by atoms with E-state index in [1.165, 1.54) is 12.1 Å². The fourth-order valence-electron chi connectivity index (χ4n) is 3.33. The first-order valence-electron chi connectivity index (χ1n) is 9.76. The molecule has 6 nitrogen and oxygen atoms in total. The maximum atomic E-state index is 12.7. The van der Waals surface area contributed by atoms with Crippen molar-refractivity contribution in [1.29, 1.82) is 0 Å². The topological polar surface area (TPSA) is 78.5 Å². The lowest BCUT2D eigenvalue weighted by Crippen LogP contribution is -2.35. The van der Waals surface area contributed by atoms with Gasteiger partial charge in [0.15, 0.2) is 0 Å². The Balaban J connectivity index is 1.68. The Morgan fingerprint density at radius 2 is 1.61 bits per heavy atom. The minimum absolute atomic E-state index is 0.132. The summed E-state index contributed by atoms with van der Waals surface area (Å²) >= 11 is 0. The fourth-order valence-corrected chi connectivity index (χ4v) is 4.43. The molecule has 2 amide bonds. The van der Waals surface area contributed by atoms with Crippen LogP contribution in [0.3, 0.4) is 0 Å². The summed E-state index contributed by atoms with van der Waals surface area (Å²) in [6.07, 6.45) is 5.10. The van der Waals surface area contributed by atoms with Gasteiger partial charge in [-0.05, 0) is 55.2 Å². The van der Waals surface area contributed by atoms with Crippen molar-refractivity contribution in [3.05, 3.63) is 54.1 Å². The third kappa shape index (κ3) is 5.04. The van der Waals surface area contributed by atoms with E-state index >= 15 is 0 Å². The van der Waals surface area contributed by atoms with Crippen LogP contribution in [0.15, 0.2) is 53.4 Å². The highest BCUT2D eigenvalue weighted by atomic mass is 32.2. The fraction of sp³-hybridized carbons (Fsp3) is 0.381. The molecule has 0 atom stereocenters. The zero-order valence-corrected chi connectivity index (χ0v) is 17.0. The number of likely N-dealkylation sites (tertiary alicyclic amines) is 1. The minimum Gasteiger partial charge on any atom is -0.325 e. The average Bonchev–Trinajstić information content (AvgIpc) is 2.98. The standard InChI is InChI=1S/C21H27N3O3S/c1-2-17-9-5-6-10-20(17)23-28(26,27)19-13-11-18(12-14-19)22-21(25)24-15-7-3-4-8-16-24/h5-6,9-14,23H,2-4,7-8,15-16H2,1H3,(H,22,25). The Morgan fingerprint density at radius 3 is 2.25 bits per heavy atom. The molecule has 0 bridgehead atoms. The van der Waals surface area contributed by atoms with Gasteiger partial charge in [0, 0.05) is 18.8 Å². The average molecular weight is 402 g/mol. The first kappa shape index (κ1) is 20.2. The summed E-state index contributed by atoms with van der Waals surface area (Å²) in [6, 6.07) is 13.5. The number of amides is 2. The predicted molar refractivity (Wildman–Crippen MR) is 112 cm³/mol. The summed E-state index contributed by atoms with van der Waals surface area (Å²) < 4.78 is 28.0. The third-order valence-corrected chi connectivity index (χ3v) is 6.33. The van der Waals surface area contributed by atoms with Crippen LogP contribution in [0.4, 0.5) is 16.2 Å². The molecule has 0 aromatic heterocycles. The molecular formula is C21H27N3O3S. The van der Waals surface area contributed by atoms with Gasteiger partial charge in [-0.15, -0.1) is 0 Å². The molecule has 2 aromatic rings. The molecule has 1 fully saturated rings. The Morgan fingerprint density at radius 1 is 0.964 bits per heavy atom. The van der Waals surface area contributed by atoms with Crippen molar-refractivity contribution in [2.45, 2.75) is 43.9 Å². The Kier molecular flexibility index (Phi) is 6.57. The number of carbonyl (C=O) groups is 1. The van der Waals surface area contributed by atoms with Gasteiger partial charge in [0.2, 0.25) is 0 Å². The van der Waals surface area contributed by atoms with Crippen LogP contribution in [0.25, 0.3) is 0 Å². The van der Waals surface area contributed by atoms with Gasteiger partial charge in [-0.25, -0.2) is 13.2 Å². The largest absolute Gasteiger partial charge is 0.325 e. The number of rotatable bonds is 5. The van der Waals surface area contributed by atoms with Crippen LogP contribution in [0.2, 0.25) is 0 Å². The van der Waals surface area contributed by atoms with E-state index in [0.717, 1.165) is 50.8 Å². The van der Waals surface area contributed by atoms with E-state index in [-0.39, 0.29) is 10.9 Å². The molecule has 0 unspecified atom stereocenters. The second-order valence-corrected chi connectivity index (χ2v) is 8.65. The lowest BCUT2D eigenvalue weighted by Gasteiger charge is -2.20. The molecule has 150 valence electrons. The number of hydrogen-bond donors (Lipinski definition) is 2. The van der Waals surface area contributed by atoms with E-state index < -0.39 is 10.0 Å². The molecule has 1 heterocycles. The molecule has 7 heteroatoms. The van der Waals surface area contributed by atoms with Gasteiger partial charge in [0.25, 0.3) is 10.0 Å². The van der Waals surface area contributed by atoms with Gasteiger partial charge >= 0.3 is 6.03 Å². The van der Waals surface area contributed by atoms with Crippen LogP contribution in [-0.4, -0.2) is 32.4 Å². The smallest absolute Gasteiger partial charge is 0.321 e. The van der Waals surface area contributed by atoms with E-state index in [2.05, 4.69) is 10.0 Å². The van der Waals surface area contributed by atoms with Crippen molar-refractivity contribution in [2.24, 2.45) is 0 Å². The summed E-state index contributed by atoms with van der Waals surface area (Å²) in [6.45, 7) is 3.51. The number of hydrogen-bond acceptors (Lipinski definition) is 3. The first-order valence-corrected chi connectivity index (χ1v) is 11.2. The Bertz CT molecular complexity index is 903. The molecule has 2 aromatic carbocycles. The van der Waals surface area contributed by atoms with E-state index in [4.69, 9.17) is 0 Å². The Labute approximate surface area is 167 Å². The molecule has 3 rings (SSSR count). The van der Waals surface area contributed by atoms with Crippen LogP contribution >= 0.6 is 0 Å². The summed E-state index contributed by atoms with van der Waals surface area (Å²) in [4.78, 5) is 14.4. The summed E-state index contributed by atoms with van der Waals surface area (Å²) in [5.41, 5.74) is 2.11. The van der Waals surface area contributed by atoms with E-state index in [1.54, 1.807) is 24.3 Å². The maximum Gasteiger partial charge on any atom is 0.321 e. The summed E-state index contributed by atoms with van der Waals surface area (Å²) in [5.74, 6) is 0. The van der Waals surface area contributed by atoms with Crippen molar-refractivity contribution in [2.75, 3.05) is 23.1 Å². The van der Waals surface area contributed by atoms with Gasteiger partial charge < -0.3 is 10.2 Å². The number of sulfonamides is 1. The molecule has 1 saturated heterocycles. The third-order valence-electron chi connectivity index (χ3n) is 4.95. The molecule has 2 N–H and O–H groups in total. The summed E-state index contributed by atoms with van der Waals surface area (Å²) in [5, 5.41) is 2.86. The molecule has 0 saturated carbocycles. The number of urea groups is 1. The lowest BCUT2D eigenvalue weighted by molar-refractivity contribution is 0.214. The highest BCUT2D eigenvalue weighted by Crippen LogP contribution is 2.22. The monoisotopic (exact) mass is 401 g/mol. The molecule has 0 spiro atoms. The van der Waals surface area contributed by atoms with Gasteiger partial charge in [-0.1, -0.05) is 38.0 Å². The molecule has 1 aliphatic rings. The van der Waals surface area contributed by atoms with Crippen molar-refractivity contribution < 1.29 is 13.2 Å². The lowest BCUT2D eigenvalue weighted by atomic mass is 10.1. The molecular weight excluding hydrogens is 374 g/mol. The van der Waals surface area contributed by atoms with E-state index in [0.29, 0.717) is 11.4 Å². The highest BCUT2D eigenvalue weighted by Gasteiger charge is 2.18. The van der Waals surface area contributed by atoms with Crippen molar-refractivity contribution in [3.8, 4) is 0 Å². The number of benzene rings is 2. The first-order chi connectivity index (χ1) is 13.5. The second-order valence-electron chi connectivity index (χ2n) is 6.97. The van der Waals surface area contributed by atoms with Gasteiger partial charge in [-0.3, -0.25) is 4.72 Å². The van der Waals surface area contributed by atoms with Crippen LogP contribution < -0.4 is 10.0 Å². The van der Waals surface area contributed by atoms with Gasteiger partial charge in [-0.2, -0.15) is 0 Å². The number of para-hydroxylation sites is 1. The van der Waals surface area contributed by atoms with E-state index in [1.807, 2.05) is 24.0 Å². The van der Waals surface area contributed by atoms with Crippen LogP contribution in [0.1, 0.15) is 38.2 Å². The van der Waals surface area contributed by atoms with Crippen molar-refractivity contribution in [3.63, 3.8) is 0 Å². The van der Waals surface area contributed by atoms with Crippen LogP contribution in [-0.2, 0) is 16.4 Å². The van der Waals surface area contributed by atoms with E-state index in [9.17, 15) is 13.2 Å². The zero-order valence-electron chi connectivity index (χ0n) is 16.1. The normalized spacial score (nSPS) is 15.0. The van der Waals surface area contributed by atoms with Crippen molar-refractivity contribution in [1.82, 2.24) is 4.90 Å². The molecule has 1 aliphatic heterocycles. The minimum atomic E-state index is -3.69. The zero-order chi connectivity index (χ0) is 20.0. The number of carbonyl (C=O) groups excluding carboxylic acids is 1. The molecule has 0 aliphatic carbocycles. The maximum absolute atomic E-state index is 12.7. The summed E-state index contributed by atoms with van der Waals surface area (Å²) in [7, 11) is -3.69.